The average molecular weight is 219 g/mol. The Balaban J connectivity index is 2.14. The van der Waals surface area contributed by atoms with E-state index in [1.807, 2.05) is 6.20 Å². The molecule has 1 aromatic heterocycles. The maximum absolute atomic E-state index is 5.77. The molecule has 0 amide bonds. The second-order valence-corrected chi connectivity index (χ2v) is 4.87. The van der Waals surface area contributed by atoms with Crippen molar-refractivity contribution in [3.8, 4) is 0 Å². The van der Waals surface area contributed by atoms with E-state index < -0.39 is 0 Å². The Morgan fingerprint density at radius 3 is 2.88 bits per heavy atom. The van der Waals surface area contributed by atoms with Crippen LogP contribution >= 0.6 is 0 Å². The highest BCUT2D eigenvalue weighted by atomic mass is 15.2. The summed E-state index contributed by atoms with van der Waals surface area (Å²) >= 11 is 0. The maximum Gasteiger partial charge on any atom is 0.128 e. The zero-order valence-electron chi connectivity index (χ0n) is 10.2. The summed E-state index contributed by atoms with van der Waals surface area (Å²) < 4.78 is 0. The summed E-state index contributed by atoms with van der Waals surface area (Å²) in [7, 11) is 0. The molecule has 0 aromatic carbocycles. The van der Waals surface area contributed by atoms with Gasteiger partial charge in [-0.25, -0.2) is 4.98 Å². The van der Waals surface area contributed by atoms with Crippen LogP contribution in [0.2, 0.25) is 0 Å². The molecule has 2 unspecified atom stereocenters. The molecule has 2 atom stereocenters. The largest absolute Gasteiger partial charge is 0.354 e. The molecule has 2 heterocycles. The molecule has 1 fully saturated rings. The Bertz CT molecular complexity index is 334. The summed E-state index contributed by atoms with van der Waals surface area (Å²) in [6.07, 6.45) is 4.41. The van der Waals surface area contributed by atoms with E-state index in [0.29, 0.717) is 12.0 Å². The van der Waals surface area contributed by atoms with Crippen LogP contribution in [-0.2, 0) is 0 Å². The van der Waals surface area contributed by atoms with Gasteiger partial charge in [-0.1, -0.05) is 6.07 Å². The van der Waals surface area contributed by atoms with Crippen molar-refractivity contribution in [1.29, 1.82) is 0 Å². The predicted molar refractivity (Wildman–Crippen MR) is 67.6 cm³/mol. The quantitative estimate of drug-likeness (QED) is 0.826. The number of rotatable bonds is 2. The number of anilines is 1. The normalized spacial score (nSPS) is 25.8. The minimum absolute atomic E-state index is 0.581. The zero-order chi connectivity index (χ0) is 11.5. The molecule has 0 bridgehead atoms. The summed E-state index contributed by atoms with van der Waals surface area (Å²) in [5.41, 5.74) is 6.98. The second kappa shape index (κ2) is 4.83. The highest BCUT2D eigenvalue weighted by Crippen LogP contribution is 2.25. The first-order valence-corrected chi connectivity index (χ1v) is 6.10. The van der Waals surface area contributed by atoms with Crippen LogP contribution in [0, 0.1) is 12.8 Å². The average Bonchev–Trinajstić information content (AvgIpc) is 2.31. The van der Waals surface area contributed by atoms with Crippen molar-refractivity contribution in [3.63, 3.8) is 0 Å². The molecule has 16 heavy (non-hydrogen) atoms. The van der Waals surface area contributed by atoms with Gasteiger partial charge in [0.1, 0.15) is 5.82 Å². The maximum atomic E-state index is 5.77. The lowest BCUT2D eigenvalue weighted by atomic mass is 9.93. The Morgan fingerprint density at radius 1 is 1.44 bits per heavy atom. The van der Waals surface area contributed by atoms with Gasteiger partial charge in [0.05, 0.1) is 0 Å². The van der Waals surface area contributed by atoms with Crippen LogP contribution < -0.4 is 10.6 Å². The second-order valence-electron chi connectivity index (χ2n) is 4.87. The minimum Gasteiger partial charge on any atom is -0.354 e. The molecule has 2 N–H and O–H groups in total. The first kappa shape index (κ1) is 11.4. The van der Waals surface area contributed by atoms with Crippen molar-refractivity contribution < 1.29 is 0 Å². The molecule has 0 saturated carbocycles. The molecular formula is C13H21N3. The smallest absolute Gasteiger partial charge is 0.128 e. The molecule has 1 aromatic rings. The van der Waals surface area contributed by atoms with E-state index in [1.54, 1.807) is 0 Å². The highest BCUT2D eigenvalue weighted by molar-refractivity contribution is 5.41. The van der Waals surface area contributed by atoms with Crippen LogP contribution in [0.25, 0.3) is 0 Å². The van der Waals surface area contributed by atoms with E-state index in [2.05, 4.69) is 35.9 Å². The molecule has 0 aliphatic carbocycles. The summed E-state index contributed by atoms with van der Waals surface area (Å²) in [4.78, 5) is 6.90. The van der Waals surface area contributed by atoms with Gasteiger partial charge < -0.3 is 10.6 Å². The monoisotopic (exact) mass is 219 g/mol. The van der Waals surface area contributed by atoms with Crippen molar-refractivity contribution in [2.45, 2.75) is 32.7 Å². The lowest BCUT2D eigenvalue weighted by Gasteiger charge is -2.38. The lowest BCUT2D eigenvalue weighted by molar-refractivity contribution is 0.372. The molecule has 88 valence electrons. The number of aromatic nitrogens is 1. The highest BCUT2D eigenvalue weighted by Gasteiger charge is 2.25. The number of aryl methyl sites for hydroxylation is 1. The van der Waals surface area contributed by atoms with E-state index in [-0.39, 0.29) is 0 Å². The fourth-order valence-electron chi connectivity index (χ4n) is 2.32. The van der Waals surface area contributed by atoms with Crippen molar-refractivity contribution in [3.05, 3.63) is 23.9 Å². The summed E-state index contributed by atoms with van der Waals surface area (Å²) in [6.45, 7) is 6.18. The van der Waals surface area contributed by atoms with Gasteiger partial charge in [-0.3, -0.25) is 0 Å². The number of nitrogens with zero attached hydrogens (tertiary/aromatic N) is 2. The first-order valence-electron chi connectivity index (χ1n) is 6.10. The third kappa shape index (κ3) is 2.35. The molecule has 2 rings (SSSR count). The molecular weight excluding hydrogens is 198 g/mol. The van der Waals surface area contributed by atoms with Crippen molar-refractivity contribution in [2.75, 3.05) is 18.0 Å². The van der Waals surface area contributed by atoms with Crippen molar-refractivity contribution >= 4 is 5.82 Å². The fourth-order valence-corrected chi connectivity index (χ4v) is 2.32. The molecule has 1 aliphatic rings. The Morgan fingerprint density at radius 2 is 2.25 bits per heavy atom. The van der Waals surface area contributed by atoms with Gasteiger partial charge in [0.15, 0.2) is 0 Å². The van der Waals surface area contributed by atoms with Crippen LogP contribution in [-0.4, -0.2) is 24.1 Å². The molecule has 0 spiro atoms. The van der Waals surface area contributed by atoms with Crippen molar-refractivity contribution in [1.82, 2.24) is 4.98 Å². The lowest BCUT2D eigenvalue weighted by Crippen LogP contribution is -2.44. The van der Waals surface area contributed by atoms with Gasteiger partial charge in [-0.2, -0.15) is 0 Å². The topological polar surface area (TPSA) is 42.1 Å². The van der Waals surface area contributed by atoms with Gasteiger partial charge in [0, 0.05) is 18.8 Å². The summed E-state index contributed by atoms with van der Waals surface area (Å²) in [5, 5.41) is 0. The van der Waals surface area contributed by atoms with Crippen LogP contribution in [0.1, 0.15) is 25.3 Å². The molecule has 3 heteroatoms. The fraction of sp³-hybridized carbons (Fsp3) is 0.615. The number of pyridine rings is 1. The third-order valence-electron chi connectivity index (χ3n) is 3.50. The first-order chi connectivity index (χ1) is 7.70. The Labute approximate surface area is 97.7 Å². The van der Waals surface area contributed by atoms with Crippen LogP contribution in [0.3, 0.4) is 0 Å². The minimum atomic E-state index is 0.581. The van der Waals surface area contributed by atoms with Crippen molar-refractivity contribution in [2.24, 2.45) is 11.7 Å². The van der Waals surface area contributed by atoms with E-state index >= 15 is 0 Å². The predicted octanol–water partition coefficient (Wildman–Crippen LogP) is 1.95. The van der Waals surface area contributed by atoms with Gasteiger partial charge >= 0.3 is 0 Å². The number of hydrogen-bond acceptors (Lipinski definition) is 3. The van der Waals surface area contributed by atoms with Gasteiger partial charge in [0.2, 0.25) is 0 Å². The van der Waals surface area contributed by atoms with Crippen LogP contribution in [0.15, 0.2) is 18.3 Å². The van der Waals surface area contributed by atoms with E-state index in [4.69, 9.17) is 5.73 Å². The van der Waals surface area contributed by atoms with Gasteiger partial charge in [-0.05, 0) is 50.8 Å². The Kier molecular flexibility index (Phi) is 3.44. The molecule has 0 radical (unpaired) electrons. The van der Waals surface area contributed by atoms with E-state index in [0.717, 1.165) is 18.9 Å². The van der Waals surface area contributed by atoms with E-state index in [9.17, 15) is 0 Å². The molecule has 1 aliphatic heterocycles. The molecule has 1 saturated heterocycles. The van der Waals surface area contributed by atoms with Gasteiger partial charge in [0.25, 0.3) is 0 Å². The number of hydrogen-bond donors (Lipinski definition) is 1. The van der Waals surface area contributed by atoms with Gasteiger partial charge in [-0.15, -0.1) is 0 Å². The molecule has 3 nitrogen and oxygen atoms in total. The summed E-state index contributed by atoms with van der Waals surface area (Å²) in [6, 6.07) is 4.82. The zero-order valence-corrected chi connectivity index (χ0v) is 10.2. The number of nitrogens with two attached hydrogens (primary N) is 1. The third-order valence-corrected chi connectivity index (χ3v) is 3.50. The summed E-state index contributed by atoms with van der Waals surface area (Å²) in [5.74, 6) is 1.72. The number of piperidine rings is 1. The van der Waals surface area contributed by atoms with Crippen LogP contribution in [0.4, 0.5) is 5.82 Å². The van der Waals surface area contributed by atoms with Crippen LogP contribution in [0.5, 0.6) is 0 Å². The SMILES string of the molecule is Cc1ccc(N2CC(CN)CCC2C)nc1. The standard InChI is InChI=1S/C13H21N3/c1-10-3-6-13(15-8-10)16-9-12(7-14)5-4-11(16)2/h3,6,8,11-12H,4-5,7,9,14H2,1-2H3. The Hall–Kier alpha value is -1.09. The van der Waals surface area contributed by atoms with E-state index in [1.165, 1.54) is 18.4 Å².